The summed E-state index contributed by atoms with van der Waals surface area (Å²) in [7, 11) is 0. The molecule has 1 aromatic rings. The molecular weight excluding hydrogens is 203 g/mol. The predicted octanol–water partition coefficient (Wildman–Crippen LogP) is 1.84. The fourth-order valence-corrected chi connectivity index (χ4v) is 2.99. The van der Waals surface area contributed by atoms with Crippen molar-refractivity contribution in [3.05, 3.63) is 35.6 Å². The molecule has 0 radical (unpaired) electrons. The second kappa shape index (κ2) is 4.15. The predicted molar refractivity (Wildman–Crippen MR) is 61.7 cm³/mol. The molecule has 1 aromatic carbocycles. The van der Waals surface area contributed by atoms with Gasteiger partial charge in [-0.25, -0.2) is 4.39 Å². The Morgan fingerprint density at radius 1 is 1.25 bits per heavy atom. The third-order valence-corrected chi connectivity index (χ3v) is 3.84. The lowest BCUT2D eigenvalue weighted by Gasteiger charge is -2.25. The maximum Gasteiger partial charge on any atom is 0.127 e. The fourth-order valence-electron chi connectivity index (χ4n) is 2.99. The lowest BCUT2D eigenvalue weighted by molar-refractivity contribution is 0.344. The van der Waals surface area contributed by atoms with Gasteiger partial charge in [-0.3, -0.25) is 0 Å². The van der Waals surface area contributed by atoms with Crippen LogP contribution >= 0.6 is 0 Å². The summed E-state index contributed by atoms with van der Waals surface area (Å²) in [4.78, 5) is 0. The van der Waals surface area contributed by atoms with Crippen molar-refractivity contribution in [3.63, 3.8) is 0 Å². The molecule has 16 heavy (non-hydrogen) atoms. The van der Waals surface area contributed by atoms with E-state index in [0.29, 0.717) is 12.0 Å². The maximum atomic E-state index is 13.7. The average Bonchev–Trinajstić information content (AvgIpc) is 2.73. The van der Waals surface area contributed by atoms with Crippen LogP contribution in [0.4, 0.5) is 4.39 Å². The van der Waals surface area contributed by atoms with E-state index in [1.165, 1.54) is 0 Å². The Morgan fingerprint density at radius 2 is 2.12 bits per heavy atom. The van der Waals surface area contributed by atoms with E-state index in [1.54, 1.807) is 12.1 Å². The van der Waals surface area contributed by atoms with Crippen molar-refractivity contribution < 1.29 is 4.39 Å². The molecule has 2 saturated heterocycles. The molecule has 2 fully saturated rings. The Balaban J connectivity index is 1.80. The molecule has 2 heterocycles. The normalized spacial score (nSPS) is 33.7. The number of hydrogen-bond acceptors (Lipinski definition) is 2. The van der Waals surface area contributed by atoms with Crippen molar-refractivity contribution in [3.8, 4) is 0 Å². The summed E-state index contributed by atoms with van der Waals surface area (Å²) in [6.45, 7) is 2.15. The van der Waals surface area contributed by atoms with Gasteiger partial charge in [0.25, 0.3) is 0 Å². The molecule has 2 aliphatic rings. The standard InChI is InChI=1S/C13H17FN2/c14-11-4-2-1-3-10(11)13-7-9-8-15-6-5-12(9)16-13/h1-4,9,12-13,15-16H,5-8H2. The van der Waals surface area contributed by atoms with E-state index in [0.717, 1.165) is 31.5 Å². The lowest BCUT2D eigenvalue weighted by atomic mass is 9.92. The Morgan fingerprint density at radius 3 is 2.94 bits per heavy atom. The van der Waals surface area contributed by atoms with Crippen LogP contribution in [0.1, 0.15) is 24.4 Å². The Labute approximate surface area is 95.2 Å². The van der Waals surface area contributed by atoms with Crippen molar-refractivity contribution in [1.29, 1.82) is 0 Å². The Hall–Kier alpha value is -0.930. The van der Waals surface area contributed by atoms with Crippen LogP contribution < -0.4 is 10.6 Å². The van der Waals surface area contributed by atoms with E-state index >= 15 is 0 Å². The van der Waals surface area contributed by atoms with Gasteiger partial charge in [0.2, 0.25) is 0 Å². The van der Waals surface area contributed by atoms with Crippen molar-refractivity contribution in [2.75, 3.05) is 13.1 Å². The topological polar surface area (TPSA) is 24.1 Å². The number of hydrogen-bond donors (Lipinski definition) is 2. The molecule has 0 bridgehead atoms. The second-order valence-electron chi connectivity index (χ2n) is 4.84. The third-order valence-electron chi connectivity index (χ3n) is 3.84. The summed E-state index contributed by atoms with van der Waals surface area (Å²) in [5.41, 5.74) is 0.830. The summed E-state index contributed by atoms with van der Waals surface area (Å²) >= 11 is 0. The first-order chi connectivity index (χ1) is 7.84. The van der Waals surface area contributed by atoms with Gasteiger partial charge >= 0.3 is 0 Å². The highest BCUT2D eigenvalue weighted by Gasteiger charge is 2.36. The first kappa shape index (κ1) is 10.2. The zero-order chi connectivity index (χ0) is 11.0. The Kier molecular flexibility index (Phi) is 2.65. The van der Waals surface area contributed by atoms with Crippen LogP contribution in [0.3, 0.4) is 0 Å². The van der Waals surface area contributed by atoms with E-state index < -0.39 is 0 Å². The molecule has 2 aliphatic heterocycles. The number of nitrogens with one attached hydrogen (secondary N) is 2. The molecule has 0 spiro atoms. The van der Waals surface area contributed by atoms with Crippen molar-refractivity contribution in [1.82, 2.24) is 10.6 Å². The van der Waals surface area contributed by atoms with Gasteiger partial charge in [-0.05, 0) is 37.9 Å². The van der Waals surface area contributed by atoms with Gasteiger partial charge in [-0.1, -0.05) is 18.2 Å². The molecule has 2 N–H and O–H groups in total. The van der Waals surface area contributed by atoms with E-state index in [2.05, 4.69) is 10.6 Å². The molecule has 2 nitrogen and oxygen atoms in total. The van der Waals surface area contributed by atoms with E-state index in [-0.39, 0.29) is 11.9 Å². The van der Waals surface area contributed by atoms with Crippen molar-refractivity contribution in [2.45, 2.75) is 24.9 Å². The van der Waals surface area contributed by atoms with Gasteiger partial charge in [0.05, 0.1) is 0 Å². The molecule has 3 unspecified atom stereocenters. The fraction of sp³-hybridized carbons (Fsp3) is 0.538. The molecule has 0 amide bonds. The second-order valence-corrected chi connectivity index (χ2v) is 4.84. The quantitative estimate of drug-likeness (QED) is 0.754. The number of fused-ring (bicyclic) bond motifs is 1. The van der Waals surface area contributed by atoms with Gasteiger partial charge in [-0.2, -0.15) is 0 Å². The van der Waals surface area contributed by atoms with Crippen LogP contribution in [0.5, 0.6) is 0 Å². The summed E-state index contributed by atoms with van der Waals surface area (Å²) in [5, 5.41) is 6.98. The molecule has 0 aliphatic carbocycles. The van der Waals surface area contributed by atoms with Gasteiger partial charge in [0.15, 0.2) is 0 Å². The highest BCUT2D eigenvalue weighted by Crippen LogP contribution is 2.34. The minimum atomic E-state index is -0.0772. The van der Waals surface area contributed by atoms with Crippen LogP contribution in [0.2, 0.25) is 0 Å². The van der Waals surface area contributed by atoms with Gasteiger partial charge in [0.1, 0.15) is 5.82 Å². The number of benzene rings is 1. The minimum absolute atomic E-state index is 0.0772. The van der Waals surface area contributed by atoms with Crippen LogP contribution in [0.15, 0.2) is 24.3 Å². The number of piperidine rings is 1. The molecular formula is C13H17FN2. The first-order valence-electron chi connectivity index (χ1n) is 6.06. The zero-order valence-corrected chi connectivity index (χ0v) is 9.25. The molecule has 86 valence electrons. The van der Waals surface area contributed by atoms with Crippen LogP contribution in [-0.4, -0.2) is 19.1 Å². The summed E-state index contributed by atoms with van der Waals surface area (Å²) in [5.74, 6) is 0.588. The largest absolute Gasteiger partial charge is 0.316 e. The highest BCUT2D eigenvalue weighted by atomic mass is 19.1. The van der Waals surface area contributed by atoms with Crippen LogP contribution in [-0.2, 0) is 0 Å². The molecule has 0 saturated carbocycles. The van der Waals surface area contributed by atoms with Gasteiger partial charge in [0, 0.05) is 17.6 Å². The van der Waals surface area contributed by atoms with E-state index in [4.69, 9.17) is 0 Å². The lowest BCUT2D eigenvalue weighted by Crippen LogP contribution is -2.41. The van der Waals surface area contributed by atoms with Crippen molar-refractivity contribution in [2.24, 2.45) is 5.92 Å². The number of halogens is 1. The van der Waals surface area contributed by atoms with Gasteiger partial charge in [-0.15, -0.1) is 0 Å². The monoisotopic (exact) mass is 220 g/mol. The summed E-state index contributed by atoms with van der Waals surface area (Å²) < 4.78 is 13.7. The third kappa shape index (κ3) is 1.74. The Bertz CT molecular complexity index is 366. The SMILES string of the molecule is Fc1ccccc1C1CC2CNCCC2N1. The molecule has 3 heteroatoms. The summed E-state index contributed by atoms with van der Waals surface area (Å²) in [6.07, 6.45) is 2.22. The number of rotatable bonds is 1. The zero-order valence-electron chi connectivity index (χ0n) is 9.25. The highest BCUT2D eigenvalue weighted by molar-refractivity contribution is 5.23. The first-order valence-corrected chi connectivity index (χ1v) is 6.06. The average molecular weight is 220 g/mol. The van der Waals surface area contributed by atoms with Crippen LogP contribution in [0.25, 0.3) is 0 Å². The molecule has 3 rings (SSSR count). The van der Waals surface area contributed by atoms with Crippen molar-refractivity contribution >= 4 is 0 Å². The van der Waals surface area contributed by atoms with Gasteiger partial charge < -0.3 is 10.6 Å². The minimum Gasteiger partial charge on any atom is -0.316 e. The van der Waals surface area contributed by atoms with E-state index in [1.807, 2.05) is 12.1 Å². The molecule has 0 aromatic heterocycles. The molecule has 3 atom stereocenters. The van der Waals surface area contributed by atoms with E-state index in [9.17, 15) is 4.39 Å². The maximum absolute atomic E-state index is 13.7. The van der Waals surface area contributed by atoms with Crippen LogP contribution in [0, 0.1) is 11.7 Å². The smallest absolute Gasteiger partial charge is 0.127 e. The summed E-state index contributed by atoms with van der Waals surface area (Å²) in [6, 6.07) is 7.90.